The number of benzene rings is 1. The van der Waals surface area contributed by atoms with Gasteiger partial charge in [-0.2, -0.15) is 13.2 Å². The summed E-state index contributed by atoms with van der Waals surface area (Å²) in [7, 11) is 0. The van der Waals surface area contributed by atoms with Gasteiger partial charge < -0.3 is 5.32 Å². The Hall–Kier alpha value is -0.990. The van der Waals surface area contributed by atoms with E-state index in [0.29, 0.717) is 14.8 Å². The van der Waals surface area contributed by atoms with E-state index >= 15 is 0 Å². The molecule has 100 valence electrons. The zero-order chi connectivity index (χ0) is 14.0. The summed E-state index contributed by atoms with van der Waals surface area (Å²) in [5, 5.41) is 2.46. The summed E-state index contributed by atoms with van der Waals surface area (Å²) in [5.41, 5.74) is -3.65. The Morgan fingerprint density at radius 3 is 2.37 bits per heavy atom. The van der Waals surface area contributed by atoms with Crippen LogP contribution in [0.2, 0.25) is 0 Å². The van der Waals surface area contributed by atoms with Gasteiger partial charge in [0.2, 0.25) is 0 Å². The molecule has 0 aromatic heterocycles. The number of halogens is 3. The molecule has 19 heavy (non-hydrogen) atoms. The van der Waals surface area contributed by atoms with Gasteiger partial charge in [0.1, 0.15) is 4.32 Å². The maximum atomic E-state index is 12.1. The van der Waals surface area contributed by atoms with Crippen molar-refractivity contribution in [3.8, 4) is 0 Å². The second-order valence-corrected chi connectivity index (χ2v) is 6.33. The molecule has 0 radical (unpaired) electrons. The number of carbonyl (C=O) groups excluding carboxylic acids is 1. The number of alkyl halides is 3. The van der Waals surface area contributed by atoms with Gasteiger partial charge >= 0.3 is 5.51 Å². The smallest absolute Gasteiger partial charge is 0.307 e. The Bertz CT molecular complexity index is 551. The summed E-state index contributed by atoms with van der Waals surface area (Å²) in [6.45, 7) is 0. The minimum atomic E-state index is -4.30. The Balaban J connectivity index is 2.13. The molecule has 1 aliphatic heterocycles. The number of carbonyl (C=O) groups is 1. The first-order chi connectivity index (χ1) is 8.83. The van der Waals surface area contributed by atoms with Crippen LogP contribution in [0.3, 0.4) is 0 Å². The van der Waals surface area contributed by atoms with Gasteiger partial charge in [-0.15, -0.1) is 0 Å². The van der Waals surface area contributed by atoms with Crippen LogP contribution >= 0.6 is 35.7 Å². The highest BCUT2D eigenvalue weighted by Crippen LogP contribution is 2.37. The van der Waals surface area contributed by atoms with E-state index in [1.807, 2.05) is 0 Å². The second kappa shape index (κ2) is 5.56. The predicted octanol–water partition coefficient (Wildman–Crippen LogP) is 3.79. The molecule has 1 aromatic carbocycles. The molecule has 1 heterocycles. The number of nitrogens with one attached hydrogen (secondary N) is 1. The third-order valence-corrected chi connectivity index (χ3v) is 3.96. The third-order valence-electron chi connectivity index (χ3n) is 2.05. The second-order valence-electron chi connectivity index (χ2n) is 3.47. The van der Waals surface area contributed by atoms with E-state index in [2.05, 4.69) is 5.32 Å². The number of hydrogen-bond donors (Lipinski definition) is 1. The lowest BCUT2D eigenvalue weighted by molar-refractivity contribution is -0.115. The topological polar surface area (TPSA) is 29.1 Å². The van der Waals surface area contributed by atoms with Crippen LogP contribution in [0, 0.1) is 0 Å². The molecule has 0 atom stereocenters. The van der Waals surface area contributed by atoms with E-state index in [1.54, 1.807) is 6.08 Å². The fraction of sp³-hybridized carbons (Fsp3) is 0.0909. The SMILES string of the molecule is O=C1NC(=S)S/C1=C\c1ccc(SC(F)(F)F)cc1. The zero-order valence-electron chi connectivity index (χ0n) is 9.15. The fourth-order valence-corrected chi connectivity index (χ4v) is 2.92. The lowest BCUT2D eigenvalue weighted by Crippen LogP contribution is -2.17. The number of thiocarbonyl (C=S) groups is 1. The maximum Gasteiger partial charge on any atom is 0.446 e. The molecule has 2 rings (SSSR count). The highest BCUT2D eigenvalue weighted by atomic mass is 32.2. The number of amides is 1. The van der Waals surface area contributed by atoms with Crippen molar-refractivity contribution in [1.82, 2.24) is 5.32 Å². The van der Waals surface area contributed by atoms with Crippen molar-refractivity contribution in [2.24, 2.45) is 0 Å². The molecule has 0 unspecified atom stereocenters. The van der Waals surface area contributed by atoms with Gasteiger partial charge in [0.25, 0.3) is 5.91 Å². The third kappa shape index (κ3) is 4.26. The minimum absolute atomic E-state index is 0.105. The van der Waals surface area contributed by atoms with E-state index in [9.17, 15) is 18.0 Å². The van der Waals surface area contributed by atoms with Crippen LogP contribution in [-0.2, 0) is 4.79 Å². The van der Waals surface area contributed by atoms with Gasteiger partial charge in [0.15, 0.2) is 0 Å². The Morgan fingerprint density at radius 1 is 1.26 bits per heavy atom. The minimum Gasteiger partial charge on any atom is -0.307 e. The molecular formula is C11H6F3NOS3. The molecule has 0 saturated carbocycles. The molecule has 1 aliphatic rings. The Labute approximate surface area is 120 Å². The standard InChI is InChI=1S/C11H6F3NOS3/c12-11(13,14)19-7-3-1-6(2-4-7)5-8-9(16)15-10(17)18-8/h1-5H,(H,15,16,17)/b8-5-. The van der Waals surface area contributed by atoms with E-state index in [-0.39, 0.29) is 22.6 Å². The van der Waals surface area contributed by atoms with Crippen LogP contribution in [-0.4, -0.2) is 15.7 Å². The highest BCUT2D eigenvalue weighted by molar-refractivity contribution is 8.26. The van der Waals surface area contributed by atoms with Crippen molar-refractivity contribution in [3.63, 3.8) is 0 Å². The quantitative estimate of drug-likeness (QED) is 0.510. The molecule has 1 amide bonds. The van der Waals surface area contributed by atoms with Gasteiger partial charge in [-0.3, -0.25) is 4.79 Å². The average Bonchev–Trinajstić information content (AvgIpc) is 2.58. The first kappa shape index (κ1) is 14.4. The molecule has 0 aliphatic carbocycles. The summed E-state index contributed by atoms with van der Waals surface area (Å²) < 4.78 is 36.8. The normalized spacial score (nSPS) is 17.9. The summed E-state index contributed by atoms with van der Waals surface area (Å²) in [4.78, 5) is 11.9. The Kier molecular flexibility index (Phi) is 4.22. The van der Waals surface area contributed by atoms with Gasteiger partial charge in [-0.1, -0.05) is 36.1 Å². The van der Waals surface area contributed by atoms with Gasteiger partial charge in [0, 0.05) is 4.90 Å². The van der Waals surface area contributed by atoms with Gasteiger partial charge in [0.05, 0.1) is 4.91 Å². The number of hydrogen-bond acceptors (Lipinski definition) is 4. The first-order valence-electron chi connectivity index (χ1n) is 4.94. The zero-order valence-corrected chi connectivity index (χ0v) is 11.6. The first-order valence-corrected chi connectivity index (χ1v) is 6.98. The van der Waals surface area contributed by atoms with E-state index in [0.717, 1.165) is 11.8 Å². The van der Waals surface area contributed by atoms with Crippen LogP contribution in [0.25, 0.3) is 6.08 Å². The highest BCUT2D eigenvalue weighted by Gasteiger charge is 2.29. The Morgan fingerprint density at radius 2 is 1.89 bits per heavy atom. The fourth-order valence-electron chi connectivity index (χ4n) is 1.34. The van der Waals surface area contributed by atoms with Crippen LogP contribution in [0.5, 0.6) is 0 Å². The number of rotatable bonds is 2. The summed E-state index contributed by atoms with van der Waals surface area (Å²) in [6, 6.07) is 5.77. The monoisotopic (exact) mass is 321 g/mol. The molecule has 1 N–H and O–H groups in total. The van der Waals surface area contributed by atoms with Crippen LogP contribution in [0.4, 0.5) is 13.2 Å². The van der Waals surface area contributed by atoms with E-state index in [1.165, 1.54) is 24.3 Å². The average molecular weight is 321 g/mol. The molecular weight excluding hydrogens is 315 g/mol. The molecule has 8 heteroatoms. The van der Waals surface area contributed by atoms with E-state index in [4.69, 9.17) is 12.2 Å². The van der Waals surface area contributed by atoms with Gasteiger partial charge in [-0.05, 0) is 35.5 Å². The van der Waals surface area contributed by atoms with Crippen molar-refractivity contribution >= 4 is 52.0 Å². The molecule has 1 saturated heterocycles. The van der Waals surface area contributed by atoms with Crippen LogP contribution in [0.1, 0.15) is 5.56 Å². The van der Waals surface area contributed by atoms with Crippen molar-refractivity contribution in [2.45, 2.75) is 10.4 Å². The van der Waals surface area contributed by atoms with Crippen LogP contribution in [0.15, 0.2) is 34.1 Å². The van der Waals surface area contributed by atoms with Crippen LogP contribution < -0.4 is 5.32 Å². The largest absolute Gasteiger partial charge is 0.446 e. The van der Waals surface area contributed by atoms with Gasteiger partial charge in [-0.25, -0.2) is 0 Å². The molecule has 0 spiro atoms. The molecule has 0 bridgehead atoms. The lowest BCUT2D eigenvalue weighted by atomic mass is 10.2. The summed E-state index contributed by atoms with van der Waals surface area (Å²) >= 11 is 5.79. The van der Waals surface area contributed by atoms with E-state index < -0.39 is 5.51 Å². The predicted molar refractivity (Wildman–Crippen MR) is 74.7 cm³/mol. The lowest BCUT2D eigenvalue weighted by Gasteiger charge is -2.05. The van der Waals surface area contributed by atoms with Crippen molar-refractivity contribution in [3.05, 3.63) is 34.7 Å². The molecule has 1 fully saturated rings. The van der Waals surface area contributed by atoms with Crippen molar-refractivity contribution in [2.75, 3.05) is 0 Å². The molecule has 2 nitrogen and oxygen atoms in total. The maximum absolute atomic E-state index is 12.1. The van der Waals surface area contributed by atoms with Crippen molar-refractivity contribution in [1.29, 1.82) is 0 Å². The van der Waals surface area contributed by atoms with Crippen molar-refractivity contribution < 1.29 is 18.0 Å². The molecule has 1 aromatic rings. The summed E-state index contributed by atoms with van der Waals surface area (Å²) in [5.74, 6) is -0.288. The summed E-state index contributed by atoms with van der Waals surface area (Å²) in [6.07, 6.45) is 1.58. The number of thioether (sulfide) groups is 2.